The van der Waals surface area contributed by atoms with E-state index in [4.69, 9.17) is 16.7 Å². The molecule has 0 aromatic carbocycles. The third-order valence-corrected chi connectivity index (χ3v) is 3.12. The number of allylic oxidation sites excluding steroid dienone is 4. The highest BCUT2D eigenvalue weighted by Crippen LogP contribution is 2.19. The molecule has 0 bridgehead atoms. The van der Waals surface area contributed by atoms with E-state index in [1.165, 1.54) is 5.57 Å². The summed E-state index contributed by atoms with van der Waals surface area (Å²) in [6, 6.07) is 1.68. The summed E-state index contributed by atoms with van der Waals surface area (Å²) in [4.78, 5) is 13.4. The fourth-order valence-electron chi connectivity index (χ4n) is 1.82. The number of H-pyrrole nitrogens is 1. The monoisotopic (exact) mass is 251 g/mol. The van der Waals surface area contributed by atoms with Crippen LogP contribution in [0.4, 0.5) is 0 Å². The van der Waals surface area contributed by atoms with Crippen molar-refractivity contribution in [3.8, 4) is 0 Å². The average Bonchev–Trinajstić information content (AvgIpc) is 2.77. The molecule has 0 saturated heterocycles. The molecular formula is C13H14ClNO2. The van der Waals surface area contributed by atoms with Gasteiger partial charge in [-0.2, -0.15) is 0 Å². The van der Waals surface area contributed by atoms with Gasteiger partial charge in [-0.05, 0) is 30.9 Å². The number of alkyl halides is 1. The molecule has 0 aliphatic heterocycles. The van der Waals surface area contributed by atoms with Gasteiger partial charge in [-0.25, -0.2) is 4.79 Å². The van der Waals surface area contributed by atoms with Gasteiger partial charge in [0.1, 0.15) is 5.69 Å². The lowest BCUT2D eigenvalue weighted by atomic mass is 10.0. The van der Waals surface area contributed by atoms with Gasteiger partial charge in [-0.3, -0.25) is 0 Å². The van der Waals surface area contributed by atoms with Crippen LogP contribution in [-0.4, -0.2) is 21.4 Å². The van der Waals surface area contributed by atoms with E-state index in [0.29, 0.717) is 0 Å². The van der Waals surface area contributed by atoms with Crippen LogP contribution < -0.4 is 0 Å². The highest BCUT2D eigenvalue weighted by atomic mass is 35.5. The Morgan fingerprint density at radius 1 is 1.53 bits per heavy atom. The Labute approximate surface area is 105 Å². The van der Waals surface area contributed by atoms with Crippen LogP contribution in [0.25, 0.3) is 0 Å². The van der Waals surface area contributed by atoms with Gasteiger partial charge < -0.3 is 10.1 Å². The largest absolute Gasteiger partial charge is 0.477 e. The van der Waals surface area contributed by atoms with Crippen LogP contribution in [0.3, 0.4) is 0 Å². The molecule has 0 spiro atoms. The molecule has 1 aliphatic rings. The molecule has 1 aliphatic carbocycles. The van der Waals surface area contributed by atoms with Gasteiger partial charge in [-0.1, -0.05) is 23.8 Å². The van der Waals surface area contributed by atoms with Gasteiger partial charge in [0.15, 0.2) is 0 Å². The number of rotatable bonds is 4. The third kappa shape index (κ3) is 3.24. The zero-order valence-electron chi connectivity index (χ0n) is 9.32. The van der Waals surface area contributed by atoms with E-state index >= 15 is 0 Å². The van der Waals surface area contributed by atoms with Crippen LogP contribution in [0.5, 0.6) is 0 Å². The molecule has 4 heteroatoms. The maximum absolute atomic E-state index is 10.7. The van der Waals surface area contributed by atoms with Crippen molar-refractivity contribution in [2.45, 2.75) is 24.6 Å². The van der Waals surface area contributed by atoms with Gasteiger partial charge in [0.2, 0.25) is 0 Å². The van der Waals surface area contributed by atoms with Crippen LogP contribution in [0, 0.1) is 0 Å². The number of hydrogen-bond acceptors (Lipinski definition) is 1. The van der Waals surface area contributed by atoms with Crippen LogP contribution in [0.1, 0.15) is 28.9 Å². The Hall–Kier alpha value is -1.48. The van der Waals surface area contributed by atoms with E-state index in [2.05, 4.69) is 11.1 Å². The number of nitrogens with one attached hydrogen (secondary N) is 1. The first-order valence-corrected chi connectivity index (χ1v) is 6.00. The van der Waals surface area contributed by atoms with E-state index in [1.54, 1.807) is 12.3 Å². The molecule has 17 heavy (non-hydrogen) atoms. The van der Waals surface area contributed by atoms with E-state index < -0.39 is 5.97 Å². The summed E-state index contributed by atoms with van der Waals surface area (Å²) in [5.74, 6) is -0.919. The lowest BCUT2D eigenvalue weighted by molar-refractivity contribution is 0.0691. The quantitative estimate of drug-likeness (QED) is 0.808. The highest BCUT2D eigenvalue weighted by molar-refractivity contribution is 6.22. The van der Waals surface area contributed by atoms with E-state index in [-0.39, 0.29) is 11.1 Å². The number of aryl methyl sites for hydroxylation is 1. The summed E-state index contributed by atoms with van der Waals surface area (Å²) in [5, 5.41) is 8.89. The van der Waals surface area contributed by atoms with Crippen molar-refractivity contribution in [1.29, 1.82) is 0 Å². The Morgan fingerprint density at radius 2 is 2.35 bits per heavy atom. The summed E-state index contributed by atoms with van der Waals surface area (Å²) >= 11 is 5.94. The molecule has 0 saturated carbocycles. The zero-order valence-corrected chi connectivity index (χ0v) is 10.1. The smallest absolute Gasteiger partial charge is 0.352 e. The van der Waals surface area contributed by atoms with Gasteiger partial charge >= 0.3 is 5.97 Å². The lowest BCUT2D eigenvalue weighted by Gasteiger charge is -2.09. The molecule has 1 atom stereocenters. The SMILES string of the molecule is O=C(O)c1cc(CCC2=CCC(Cl)C=C2)c[nH]1. The fraction of sp³-hybridized carbons (Fsp3) is 0.308. The molecule has 3 nitrogen and oxygen atoms in total. The van der Waals surface area contributed by atoms with Crippen LogP contribution in [0.15, 0.2) is 36.1 Å². The van der Waals surface area contributed by atoms with Crippen molar-refractivity contribution in [2.24, 2.45) is 0 Å². The minimum Gasteiger partial charge on any atom is -0.477 e. The predicted octanol–water partition coefficient (Wildman–Crippen LogP) is 3.14. The minimum atomic E-state index is -0.919. The first-order chi connectivity index (χ1) is 8.15. The standard InChI is InChI=1S/C13H14ClNO2/c14-11-5-3-9(4-6-11)1-2-10-7-12(13(16)17)15-8-10/h3-5,7-8,11,15H,1-2,6H2,(H,16,17). The Balaban J connectivity index is 1.90. The molecule has 0 radical (unpaired) electrons. The van der Waals surface area contributed by atoms with Gasteiger partial charge in [-0.15, -0.1) is 11.6 Å². The Kier molecular flexibility index (Phi) is 3.69. The first kappa shape index (κ1) is 12.0. The topological polar surface area (TPSA) is 53.1 Å². The molecule has 90 valence electrons. The number of carboxylic acids is 1. The number of aromatic carboxylic acids is 1. The second-order valence-electron chi connectivity index (χ2n) is 4.12. The number of halogens is 1. The summed E-state index contributed by atoms with van der Waals surface area (Å²) in [7, 11) is 0. The second-order valence-corrected chi connectivity index (χ2v) is 4.68. The fourth-order valence-corrected chi connectivity index (χ4v) is 1.98. The van der Waals surface area contributed by atoms with Crippen LogP contribution >= 0.6 is 11.6 Å². The van der Waals surface area contributed by atoms with Crippen molar-refractivity contribution in [3.63, 3.8) is 0 Å². The number of carboxylic acid groups (broad SMARTS) is 1. The lowest BCUT2D eigenvalue weighted by Crippen LogP contribution is -1.98. The molecule has 2 N–H and O–H groups in total. The molecular weight excluding hydrogens is 238 g/mol. The molecule has 1 aromatic heterocycles. The molecule has 2 rings (SSSR count). The molecule has 1 heterocycles. The maximum atomic E-state index is 10.7. The van der Waals surface area contributed by atoms with Gasteiger partial charge in [0.25, 0.3) is 0 Å². The summed E-state index contributed by atoms with van der Waals surface area (Å²) in [5.41, 5.74) is 2.53. The van der Waals surface area contributed by atoms with Gasteiger partial charge in [0, 0.05) is 6.20 Å². The molecule has 0 fully saturated rings. The zero-order chi connectivity index (χ0) is 12.3. The van der Waals surface area contributed by atoms with Crippen molar-refractivity contribution in [1.82, 2.24) is 4.98 Å². The Morgan fingerprint density at radius 3 is 2.94 bits per heavy atom. The predicted molar refractivity (Wildman–Crippen MR) is 67.6 cm³/mol. The van der Waals surface area contributed by atoms with E-state index in [9.17, 15) is 4.79 Å². The first-order valence-electron chi connectivity index (χ1n) is 5.57. The number of aromatic nitrogens is 1. The van der Waals surface area contributed by atoms with Crippen molar-refractivity contribution in [3.05, 3.63) is 47.3 Å². The van der Waals surface area contributed by atoms with Crippen LogP contribution in [0.2, 0.25) is 0 Å². The number of aromatic amines is 1. The van der Waals surface area contributed by atoms with Gasteiger partial charge in [0.05, 0.1) is 5.38 Å². The minimum absolute atomic E-state index is 0.115. The number of carbonyl (C=O) groups is 1. The average molecular weight is 252 g/mol. The maximum Gasteiger partial charge on any atom is 0.352 e. The van der Waals surface area contributed by atoms with Crippen molar-refractivity contribution >= 4 is 17.6 Å². The molecule has 1 aromatic rings. The van der Waals surface area contributed by atoms with E-state index in [0.717, 1.165) is 24.8 Å². The summed E-state index contributed by atoms with van der Waals surface area (Å²) < 4.78 is 0. The number of hydrogen-bond donors (Lipinski definition) is 2. The molecule has 1 unspecified atom stereocenters. The Bertz CT molecular complexity index is 474. The summed E-state index contributed by atoms with van der Waals surface area (Å²) in [6.45, 7) is 0. The van der Waals surface area contributed by atoms with Crippen molar-refractivity contribution in [2.75, 3.05) is 0 Å². The normalized spacial score (nSPS) is 19.1. The highest BCUT2D eigenvalue weighted by Gasteiger charge is 2.08. The third-order valence-electron chi connectivity index (χ3n) is 2.80. The summed E-state index contributed by atoms with van der Waals surface area (Å²) in [6.07, 6.45) is 10.6. The second kappa shape index (κ2) is 5.23. The van der Waals surface area contributed by atoms with E-state index in [1.807, 2.05) is 12.2 Å². The van der Waals surface area contributed by atoms with Crippen LogP contribution in [-0.2, 0) is 6.42 Å². The van der Waals surface area contributed by atoms with Crippen molar-refractivity contribution < 1.29 is 9.90 Å². The molecule has 0 amide bonds.